The molecule has 2 heterocycles. The molecule has 1 aliphatic rings. The molecule has 5 nitrogen and oxygen atoms in total. The summed E-state index contributed by atoms with van der Waals surface area (Å²) < 4.78 is 0. The number of pyridine rings is 1. The Morgan fingerprint density at radius 3 is 2.52 bits per heavy atom. The van der Waals surface area contributed by atoms with Crippen molar-refractivity contribution >= 4 is 29.0 Å². The van der Waals surface area contributed by atoms with Crippen LogP contribution in [-0.2, 0) is 16.0 Å². The summed E-state index contributed by atoms with van der Waals surface area (Å²) in [4.78, 5) is 32.0. The highest BCUT2D eigenvalue weighted by Gasteiger charge is 2.44. The van der Waals surface area contributed by atoms with Crippen LogP contribution in [0.5, 0.6) is 0 Å². The van der Waals surface area contributed by atoms with E-state index in [9.17, 15) is 14.7 Å². The van der Waals surface area contributed by atoms with Gasteiger partial charge in [-0.2, -0.15) is 0 Å². The molecule has 0 saturated carbocycles. The maximum absolute atomic E-state index is 13.2. The number of aromatic nitrogens is 1. The third kappa shape index (κ3) is 4.09. The molecule has 0 radical (unpaired) electrons. The van der Waals surface area contributed by atoms with Crippen LogP contribution in [0.4, 0.5) is 5.69 Å². The zero-order valence-corrected chi connectivity index (χ0v) is 17.7. The van der Waals surface area contributed by atoms with E-state index in [-0.39, 0.29) is 17.8 Å². The van der Waals surface area contributed by atoms with Gasteiger partial charge in [-0.05, 0) is 48.7 Å². The molecule has 31 heavy (non-hydrogen) atoms. The smallest absolute Gasteiger partial charge is 0.294 e. The van der Waals surface area contributed by atoms with Crippen molar-refractivity contribution in [1.29, 1.82) is 0 Å². The maximum Gasteiger partial charge on any atom is 0.294 e. The molecule has 1 N–H and O–H groups in total. The van der Waals surface area contributed by atoms with Crippen molar-refractivity contribution in [3.05, 3.63) is 106 Å². The highest BCUT2D eigenvalue weighted by atomic mass is 35.5. The van der Waals surface area contributed by atoms with Crippen molar-refractivity contribution in [2.75, 3.05) is 4.90 Å². The summed E-state index contributed by atoms with van der Waals surface area (Å²) in [5.41, 5.74) is 2.93. The van der Waals surface area contributed by atoms with Gasteiger partial charge in [-0.3, -0.25) is 19.5 Å². The second-order valence-electron chi connectivity index (χ2n) is 7.44. The third-order valence-electron chi connectivity index (χ3n) is 5.39. The van der Waals surface area contributed by atoms with E-state index < -0.39 is 17.7 Å². The molecule has 0 fully saturated rings. The standard InChI is InChI=1S/C25H21ClN2O3/c1-16-10-12-18(15-19(16)26)28-23(20-9-5-6-14-27-20)22(24(30)25(28)31)21(29)13-11-17-7-3-2-4-8-17/h2-10,12,14-15,23,30H,11,13H2,1H3. The number of nitrogens with zero attached hydrogens (tertiary/aromatic N) is 2. The fraction of sp³-hybridized carbons (Fsp3) is 0.160. The van der Waals surface area contributed by atoms with E-state index in [0.717, 1.165) is 11.1 Å². The van der Waals surface area contributed by atoms with Crippen molar-refractivity contribution in [2.45, 2.75) is 25.8 Å². The van der Waals surface area contributed by atoms with E-state index in [1.807, 2.05) is 37.3 Å². The minimum Gasteiger partial charge on any atom is -0.503 e. The van der Waals surface area contributed by atoms with Gasteiger partial charge in [-0.1, -0.05) is 54.1 Å². The molecule has 1 atom stereocenters. The Labute approximate surface area is 185 Å². The molecule has 156 valence electrons. The van der Waals surface area contributed by atoms with Crippen molar-refractivity contribution < 1.29 is 14.7 Å². The number of halogens is 1. The Morgan fingerprint density at radius 2 is 1.84 bits per heavy atom. The van der Waals surface area contributed by atoms with Gasteiger partial charge >= 0.3 is 0 Å². The molecule has 1 aromatic heterocycles. The SMILES string of the molecule is Cc1ccc(N2C(=O)C(O)=C(C(=O)CCc3ccccc3)C2c2ccccn2)cc1Cl. The molecule has 0 saturated heterocycles. The molecular weight excluding hydrogens is 412 g/mol. The summed E-state index contributed by atoms with van der Waals surface area (Å²) in [5.74, 6) is -1.46. The first-order chi connectivity index (χ1) is 15.0. The molecule has 6 heteroatoms. The van der Waals surface area contributed by atoms with Gasteiger partial charge in [0.1, 0.15) is 6.04 Å². The first kappa shape index (κ1) is 20.8. The Morgan fingerprint density at radius 1 is 1.10 bits per heavy atom. The number of carbonyl (C=O) groups is 2. The zero-order chi connectivity index (χ0) is 22.0. The average molecular weight is 433 g/mol. The van der Waals surface area contributed by atoms with Crippen LogP contribution >= 0.6 is 11.6 Å². The van der Waals surface area contributed by atoms with Crippen LogP contribution in [0.1, 0.15) is 29.3 Å². The summed E-state index contributed by atoms with van der Waals surface area (Å²) >= 11 is 6.29. The highest BCUT2D eigenvalue weighted by Crippen LogP contribution is 2.41. The van der Waals surface area contributed by atoms with Crippen LogP contribution in [0.25, 0.3) is 0 Å². The quantitative estimate of drug-likeness (QED) is 0.585. The van der Waals surface area contributed by atoms with Crippen LogP contribution < -0.4 is 4.90 Å². The van der Waals surface area contributed by atoms with E-state index in [0.29, 0.717) is 22.8 Å². The summed E-state index contributed by atoms with van der Waals surface area (Å²) in [6, 6.07) is 19.3. The van der Waals surface area contributed by atoms with Crippen molar-refractivity contribution in [1.82, 2.24) is 4.98 Å². The lowest BCUT2D eigenvalue weighted by Gasteiger charge is -2.26. The number of hydrogen-bond acceptors (Lipinski definition) is 4. The lowest BCUT2D eigenvalue weighted by atomic mass is 9.95. The fourth-order valence-electron chi connectivity index (χ4n) is 3.74. The molecule has 0 spiro atoms. The molecule has 0 bridgehead atoms. The zero-order valence-electron chi connectivity index (χ0n) is 17.0. The fourth-order valence-corrected chi connectivity index (χ4v) is 3.92. The van der Waals surface area contributed by atoms with Crippen LogP contribution in [-0.4, -0.2) is 21.8 Å². The van der Waals surface area contributed by atoms with Crippen molar-refractivity contribution in [3.8, 4) is 0 Å². The first-order valence-electron chi connectivity index (χ1n) is 9.98. The number of aryl methyl sites for hydroxylation is 2. The molecule has 1 unspecified atom stereocenters. The van der Waals surface area contributed by atoms with Gasteiger partial charge in [0.2, 0.25) is 0 Å². The maximum atomic E-state index is 13.2. The largest absolute Gasteiger partial charge is 0.503 e. The average Bonchev–Trinajstić information content (AvgIpc) is 3.06. The number of anilines is 1. The van der Waals surface area contributed by atoms with Gasteiger partial charge in [0.05, 0.1) is 11.3 Å². The number of rotatable bonds is 6. The van der Waals surface area contributed by atoms with Gasteiger partial charge < -0.3 is 5.11 Å². The van der Waals surface area contributed by atoms with E-state index in [4.69, 9.17) is 11.6 Å². The summed E-state index contributed by atoms with van der Waals surface area (Å²) in [6.45, 7) is 1.86. The monoisotopic (exact) mass is 432 g/mol. The molecular formula is C25H21ClN2O3. The highest BCUT2D eigenvalue weighted by molar-refractivity contribution is 6.31. The summed E-state index contributed by atoms with van der Waals surface area (Å²) in [7, 11) is 0. The number of Topliss-reactive ketones (excluding diaryl/α,β-unsaturated/α-hetero) is 1. The predicted molar refractivity (Wildman–Crippen MR) is 120 cm³/mol. The second-order valence-corrected chi connectivity index (χ2v) is 7.84. The number of amides is 1. The van der Waals surface area contributed by atoms with Crippen LogP contribution in [0.15, 0.2) is 84.3 Å². The minimum absolute atomic E-state index is 0.0660. The minimum atomic E-state index is -0.823. The van der Waals surface area contributed by atoms with Gasteiger partial charge in [0.25, 0.3) is 5.91 Å². The Hall–Kier alpha value is -3.44. The van der Waals surface area contributed by atoms with E-state index in [2.05, 4.69) is 4.98 Å². The van der Waals surface area contributed by atoms with Crippen LogP contribution in [0, 0.1) is 6.92 Å². The Bertz CT molecular complexity index is 1160. The van der Waals surface area contributed by atoms with Gasteiger partial charge in [-0.25, -0.2) is 0 Å². The molecule has 1 amide bonds. The van der Waals surface area contributed by atoms with Crippen LogP contribution in [0.3, 0.4) is 0 Å². The predicted octanol–water partition coefficient (Wildman–Crippen LogP) is 5.15. The van der Waals surface area contributed by atoms with Crippen molar-refractivity contribution in [2.24, 2.45) is 0 Å². The Kier molecular flexibility index (Phi) is 5.87. The molecule has 1 aliphatic heterocycles. The van der Waals surface area contributed by atoms with E-state index in [1.165, 1.54) is 4.90 Å². The number of ketones is 1. The number of aliphatic hydroxyl groups excluding tert-OH is 1. The molecule has 3 aromatic rings. The molecule has 2 aromatic carbocycles. The first-order valence-corrected chi connectivity index (χ1v) is 10.4. The normalized spacial score (nSPS) is 16.1. The molecule has 0 aliphatic carbocycles. The summed E-state index contributed by atoms with van der Waals surface area (Å²) in [6.07, 6.45) is 2.28. The third-order valence-corrected chi connectivity index (χ3v) is 5.80. The summed E-state index contributed by atoms with van der Waals surface area (Å²) in [5, 5.41) is 11.2. The van der Waals surface area contributed by atoms with E-state index in [1.54, 1.807) is 42.6 Å². The lowest BCUT2D eigenvalue weighted by Crippen LogP contribution is -2.31. The number of aliphatic hydroxyl groups is 1. The Balaban J connectivity index is 1.72. The number of benzene rings is 2. The number of carbonyl (C=O) groups excluding carboxylic acids is 2. The lowest BCUT2D eigenvalue weighted by molar-refractivity contribution is -0.118. The van der Waals surface area contributed by atoms with Gasteiger partial charge in [0, 0.05) is 23.3 Å². The van der Waals surface area contributed by atoms with E-state index >= 15 is 0 Å². The topological polar surface area (TPSA) is 70.5 Å². The van der Waals surface area contributed by atoms with Crippen LogP contribution in [0.2, 0.25) is 5.02 Å². The molecule has 4 rings (SSSR count). The number of hydrogen-bond donors (Lipinski definition) is 1. The van der Waals surface area contributed by atoms with Crippen molar-refractivity contribution in [3.63, 3.8) is 0 Å². The van der Waals surface area contributed by atoms with Gasteiger partial charge in [0.15, 0.2) is 11.5 Å². The van der Waals surface area contributed by atoms with Gasteiger partial charge in [-0.15, -0.1) is 0 Å². The second kappa shape index (κ2) is 8.74.